The first-order valence-electron chi connectivity index (χ1n) is 6.94. The van der Waals surface area contributed by atoms with Gasteiger partial charge in [-0.15, -0.1) is 10.2 Å². The largest absolute Gasteiger partial charge is 0.344 e. The van der Waals surface area contributed by atoms with Gasteiger partial charge in [-0.2, -0.15) is 5.21 Å². The van der Waals surface area contributed by atoms with Crippen LogP contribution in [0.4, 0.5) is 4.39 Å². The molecule has 2 aromatic heterocycles. The first-order valence-corrected chi connectivity index (χ1v) is 7.32. The minimum atomic E-state index is -0.267. The minimum Gasteiger partial charge on any atom is -0.344 e. The van der Waals surface area contributed by atoms with Gasteiger partial charge in [-0.1, -0.05) is 18.0 Å². The van der Waals surface area contributed by atoms with Crippen molar-refractivity contribution >= 4 is 22.5 Å². The van der Waals surface area contributed by atoms with Crippen LogP contribution in [0.5, 0.6) is 0 Å². The summed E-state index contributed by atoms with van der Waals surface area (Å²) in [6, 6.07) is 3.40. The highest BCUT2D eigenvalue weighted by Crippen LogP contribution is 2.35. The number of H-pyrrole nitrogens is 1. The lowest BCUT2D eigenvalue weighted by molar-refractivity contribution is 0.279. The van der Waals surface area contributed by atoms with E-state index in [0.29, 0.717) is 27.7 Å². The molecule has 1 fully saturated rings. The lowest BCUT2D eigenvalue weighted by Crippen LogP contribution is -2.17. The molecule has 0 aliphatic heterocycles. The van der Waals surface area contributed by atoms with Crippen LogP contribution in [0, 0.1) is 11.7 Å². The summed E-state index contributed by atoms with van der Waals surface area (Å²) in [6.45, 7) is 0.812. The third-order valence-corrected chi connectivity index (χ3v) is 4.37. The Kier molecular flexibility index (Phi) is 2.92. The number of tetrazole rings is 1. The fourth-order valence-corrected chi connectivity index (χ4v) is 3.12. The van der Waals surface area contributed by atoms with Gasteiger partial charge in [-0.25, -0.2) is 4.39 Å². The van der Waals surface area contributed by atoms with Crippen molar-refractivity contribution in [3.8, 4) is 11.4 Å². The monoisotopic (exact) mass is 305 g/mol. The standard InChI is InChI=1S/C14H13ClFN5/c15-9-4-10-12(16)7-21(6-8-2-1-3-8)13(10)11(5-9)14-17-19-20-18-14/h4-5,7-8H,1-3,6H2,(H,17,18,19,20). The summed E-state index contributed by atoms with van der Waals surface area (Å²) >= 11 is 6.10. The van der Waals surface area contributed by atoms with Crippen molar-refractivity contribution in [2.75, 3.05) is 0 Å². The maximum absolute atomic E-state index is 14.2. The molecule has 0 unspecified atom stereocenters. The van der Waals surface area contributed by atoms with E-state index in [1.54, 1.807) is 18.3 Å². The summed E-state index contributed by atoms with van der Waals surface area (Å²) in [6.07, 6.45) is 5.21. The van der Waals surface area contributed by atoms with Crippen LogP contribution >= 0.6 is 11.6 Å². The van der Waals surface area contributed by atoms with E-state index in [4.69, 9.17) is 11.6 Å². The van der Waals surface area contributed by atoms with Crippen molar-refractivity contribution in [3.05, 3.63) is 29.2 Å². The molecule has 2 heterocycles. The molecule has 1 aromatic carbocycles. The van der Waals surface area contributed by atoms with Crippen molar-refractivity contribution in [3.63, 3.8) is 0 Å². The van der Waals surface area contributed by atoms with Gasteiger partial charge in [0.15, 0.2) is 0 Å². The summed E-state index contributed by atoms with van der Waals surface area (Å²) in [7, 11) is 0. The van der Waals surface area contributed by atoms with Gasteiger partial charge in [0.25, 0.3) is 0 Å². The van der Waals surface area contributed by atoms with Crippen LogP contribution < -0.4 is 0 Å². The number of hydrogen-bond donors (Lipinski definition) is 1. The second-order valence-corrected chi connectivity index (χ2v) is 5.95. The third-order valence-electron chi connectivity index (χ3n) is 4.15. The molecular weight excluding hydrogens is 293 g/mol. The summed E-state index contributed by atoms with van der Waals surface area (Å²) < 4.78 is 16.2. The minimum absolute atomic E-state index is 0.267. The van der Waals surface area contributed by atoms with E-state index < -0.39 is 0 Å². The second kappa shape index (κ2) is 4.80. The third kappa shape index (κ3) is 2.10. The Hall–Kier alpha value is -1.95. The van der Waals surface area contributed by atoms with E-state index in [1.165, 1.54) is 19.3 Å². The van der Waals surface area contributed by atoms with E-state index >= 15 is 0 Å². The zero-order chi connectivity index (χ0) is 14.4. The van der Waals surface area contributed by atoms with Crippen molar-refractivity contribution in [1.29, 1.82) is 0 Å². The smallest absolute Gasteiger partial charge is 0.206 e. The number of rotatable bonds is 3. The highest BCUT2D eigenvalue weighted by molar-refractivity contribution is 6.31. The van der Waals surface area contributed by atoms with E-state index in [9.17, 15) is 4.39 Å². The molecule has 0 radical (unpaired) electrons. The number of nitrogens with one attached hydrogen (secondary N) is 1. The Morgan fingerprint density at radius 3 is 2.90 bits per heavy atom. The molecule has 21 heavy (non-hydrogen) atoms. The van der Waals surface area contributed by atoms with E-state index in [2.05, 4.69) is 20.6 Å². The lowest BCUT2D eigenvalue weighted by Gasteiger charge is -2.26. The summed E-state index contributed by atoms with van der Waals surface area (Å²) in [4.78, 5) is 0. The van der Waals surface area contributed by atoms with Crippen LogP contribution in [-0.2, 0) is 6.54 Å². The van der Waals surface area contributed by atoms with Gasteiger partial charge in [0, 0.05) is 28.7 Å². The second-order valence-electron chi connectivity index (χ2n) is 5.51. The predicted octanol–water partition coefficient (Wildman–Crippen LogP) is 3.41. The van der Waals surface area contributed by atoms with Crippen LogP contribution in [-0.4, -0.2) is 25.2 Å². The van der Waals surface area contributed by atoms with Gasteiger partial charge in [0.05, 0.1) is 5.52 Å². The van der Waals surface area contributed by atoms with Crippen LogP contribution in [0.2, 0.25) is 5.02 Å². The number of fused-ring (bicyclic) bond motifs is 1. The van der Waals surface area contributed by atoms with E-state index in [1.807, 2.05) is 4.57 Å². The fourth-order valence-electron chi connectivity index (χ4n) is 2.91. The predicted molar refractivity (Wildman–Crippen MR) is 77.4 cm³/mol. The molecule has 0 spiro atoms. The molecule has 5 nitrogen and oxygen atoms in total. The number of aromatic amines is 1. The number of benzene rings is 1. The zero-order valence-corrected chi connectivity index (χ0v) is 11.9. The van der Waals surface area contributed by atoms with Gasteiger partial charge in [0.2, 0.25) is 5.82 Å². The van der Waals surface area contributed by atoms with E-state index in [0.717, 1.165) is 12.1 Å². The summed E-state index contributed by atoms with van der Waals surface area (Å²) in [5, 5.41) is 15.0. The molecule has 1 aliphatic carbocycles. The number of hydrogen-bond acceptors (Lipinski definition) is 3. The van der Waals surface area contributed by atoms with Gasteiger partial charge in [0.1, 0.15) is 5.82 Å². The molecule has 0 atom stereocenters. The SMILES string of the molecule is Fc1cn(CC2CCC2)c2c(-c3nn[nH]n3)cc(Cl)cc12. The average Bonchev–Trinajstić information content (AvgIpc) is 3.03. The van der Waals surface area contributed by atoms with Gasteiger partial charge in [-0.3, -0.25) is 0 Å². The highest BCUT2D eigenvalue weighted by atomic mass is 35.5. The molecule has 4 rings (SSSR count). The number of halogens is 2. The molecule has 1 aliphatic rings. The average molecular weight is 306 g/mol. The molecular formula is C14H13ClFN5. The van der Waals surface area contributed by atoms with Crippen LogP contribution in [0.15, 0.2) is 18.3 Å². The van der Waals surface area contributed by atoms with Gasteiger partial charge >= 0.3 is 0 Å². The Labute approximate surface area is 125 Å². The highest BCUT2D eigenvalue weighted by Gasteiger charge is 2.22. The Morgan fingerprint density at radius 1 is 1.38 bits per heavy atom. The van der Waals surface area contributed by atoms with Crippen LogP contribution in [0.25, 0.3) is 22.3 Å². The maximum atomic E-state index is 14.2. The number of nitrogens with zero attached hydrogens (tertiary/aromatic N) is 4. The lowest BCUT2D eigenvalue weighted by atomic mass is 9.85. The molecule has 1 N–H and O–H groups in total. The number of aromatic nitrogens is 5. The molecule has 1 saturated carbocycles. The molecule has 7 heteroatoms. The Balaban J connectivity index is 1.93. The van der Waals surface area contributed by atoms with Crippen molar-refractivity contribution in [2.24, 2.45) is 5.92 Å². The van der Waals surface area contributed by atoms with Crippen LogP contribution in [0.3, 0.4) is 0 Å². The summed E-state index contributed by atoms with van der Waals surface area (Å²) in [5.41, 5.74) is 1.49. The van der Waals surface area contributed by atoms with E-state index in [-0.39, 0.29) is 5.82 Å². The topological polar surface area (TPSA) is 59.4 Å². The molecule has 0 bridgehead atoms. The van der Waals surface area contributed by atoms with Gasteiger partial charge < -0.3 is 4.57 Å². The van der Waals surface area contributed by atoms with Crippen LogP contribution in [0.1, 0.15) is 19.3 Å². The normalized spacial score (nSPS) is 15.5. The van der Waals surface area contributed by atoms with Crippen molar-refractivity contribution in [2.45, 2.75) is 25.8 Å². The fraction of sp³-hybridized carbons (Fsp3) is 0.357. The first kappa shape index (κ1) is 12.8. The first-order chi connectivity index (χ1) is 10.2. The molecule has 0 saturated heterocycles. The Morgan fingerprint density at radius 2 is 2.24 bits per heavy atom. The quantitative estimate of drug-likeness (QED) is 0.806. The summed E-state index contributed by atoms with van der Waals surface area (Å²) in [5.74, 6) is 0.779. The van der Waals surface area contributed by atoms with Gasteiger partial charge in [-0.05, 0) is 36.1 Å². The molecule has 108 valence electrons. The maximum Gasteiger partial charge on any atom is 0.206 e. The molecule has 3 aromatic rings. The van der Waals surface area contributed by atoms with Crippen molar-refractivity contribution in [1.82, 2.24) is 25.2 Å². The Bertz CT molecular complexity index is 791. The zero-order valence-electron chi connectivity index (χ0n) is 11.2. The molecule has 0 amide bonds. The van der Waals surface area contributed by atoms with Crippen molar-refractivity contribution < 1.29 is 4.39 Å².